The second kappa shape index (κ2) is 13.4. The van der Waals surface area contributed by atoms with E-state index >= 15 is 0 Å². The molecule has 0 saturated carbocycles. The number of carbonyl (C=O) groups excluding carboxylic acids is 3. The Kier molecular flexibility index (Phi) is 10.00. The Morgan fingerprint density at radius 3 is 2.36 bits per heavy atom. The van der Waals surface area contributed by atoms with Gasteiger partial charge in [-0.2, -0.15) is 0 Å². The lowest BCUT2D eigenvalue weighted by atomic mass is 9.70. The largest absolute Gasteiger partial charge is 0.394 e. The topological polar surface area (TPSA) is 81.2 Å². The number of thioether (sulfide) groups is 1. The van der Waals surface area contributed by atoms with Crippen molar-refractivity contribution in [2.45, 2.75) is 53.7 Å². The van der Waals surface area contributed by atoms with Crippen LogP contribution in [-0.2, 0) is 20.9 Å². The molecule has 3 unspecified atom stereocenters. The molecule has 10 heteroatoms. The Balaban J connectivity index is 1.60. The van der Waals surface area contributed by atoms with Gasteiger partial charge in [0.25, 0.3) is 5.91 Å². The van der Waals surface area contributed by atoms with Crippen molar-refractivity contribution in [1.29, 1.82) is 0 Å². The van der Waals surface area contributed by atoms with Crippen LogP contribution in [0.3, 0.4) is 0 Å². The number of nitrogens with zero attached hydrogens (tertiary/aromatic N) is 3. The Labute approximate surface area is 277 Å². The summed E-state index contributed by atoms with van der Waals surface area (Å²) in [6.07, 6.45) is 3.91. The molecule has 3 saturated heterocycles. The maximum Gasteiger partial charge on any atom is 0.251 e. The third-order valence-electron chi connectivity index (χ3n) is 9.15. The molecule has 0 aliphatic carbocycles. The van der Waals surface area contributed by atoms with Gasteiger partial charge in [0.1, 0.15) is 6.04 Å². The second-order valence-electron chi connectivity index (χ2n) is 12.1. The summed E-state index contributed by atoms with van der Waals surface area (Å²) < 4.78 is -0.853. The smallest absolute Gasteiger partial charge is 0.251 e. The standard InChI is InChI=1S/C34H39BrClN3O4S/c1-5-16-37(19-22-10-8-7-9-11-22)31(41)27-28-32(42)39(26(20-40)21(3)4)30(34(28)18-25(35)29(27)44-34)33(43)38(17-6-2)24-14-12-23(36)13-15-24/h5-15,21,25-30,40H,1-2,16-20H2,3-4H3/t25?,26-,27+,28-,29+,30?,34?/m0/s1. The molecule has 7 nitrogen and oxygen atoms in total. The van der Waals surface area contributed by atoms with Crippen LogP contribution in [0.15, 0.2) is 79.9 Å². The average Bonchev–Trinajstić information content (AvgIpc) is 3.60. The number of halogens is 2. The monoisotopic (exact) mass is 699 g/mol. The summed E-state index contributed by atoms with van der Waals surface area (Å²) in [7, 11) is 0. The Morgan fingerprint density at radius 2 is 1.77 bits per heavy atom. The summed E-state index contributed by atoms with van der Waals surface area (Å²) in [5, 5.41) is 10.9. The van der Waals surface area contributed by atoms with Gasteiger partial charge in [-0.25, -0.2) is 0 Å². The van der Waals surface area contributed by atoms with Crippen molar-refractivity contribution in [3.63, 3.8) is 0 Å². The quantitative estimate of drug-likeness (QED) is 0.232. The number of likely N-dealkylation sites (tertiary alicyclic amines) is 1. The summed E-state index contributed by atoms with van der Waals surface area (Å²) >= 11 is 11.6. The number of amides is 3. The highest BCUT2D eigenvalue weighted by molar-refractivity contribution is 9.09. The average molecular weight is 701 g/mol. The number of aliphatic hydroxyl groups is 1. The van der Waals surface area contributed by atoms with Crippen LogP contribution in [0, 0.1) is 17.8 Å². The number of hydrogen-bond donors (Lipinski definition) is 1. The Bertz CT molecular complexity index is 1410. The van der Waals surface area contributed by atoms with Crippen molar-refractivity contribution in [3.8, 4) is 0 Å². The minimum atomic E-state index is -0.884. The lowest BCUT2D eigenvalue weighted by molar-refractivity contribution is -0.146. The molecule has 0 radical (unpaired) electrons. The van der Waals surface area contributed by atoms with Crippen LogP contribution in [-0.4, -0.2) is 79.2 Å². The molecule has 1 N–H and O–H groups in total. The molecule has 3 amide bonds. The molecule has 7 atom stereocenters. The van der Waals surface area contributed by atoms with E-state index in [0.717, 1.165) is 5.56 Å². The summed E-state index contributed by atoms with van der Waals surface area (Å²) in [5.74, 6) is -2.07. The highest BCUT2D eigenvalue weighted by atomic mass is 79.9. The number of carbonyl (C=O) groups is 3. The zero-order valence-corrected chi connectivity index (χ0v) is 28.2. The molecule has 234 valence electrons. The van der Waals surface area contributed by atoms with Crippen molar-refractivity contribution >= 4 is 62.7 Å². The van der Waals surface area contributed by atoms with Crippen molar-refractivity contribution in [2.75, 3.05) is 24.6 Å². The van der Waals surface area contributed by atoms with E-state index in [2.05, 4.69) is 29.1 Å². The van der Waals surface area contributed by atoms with Crippen molar-refractivity contribution in [2.24, 2.45) is 17.8 Å². The van der Waals surface area contributed by atoms with Crippen molar-refractivity contribution in [1.82, 2.24) is 9.80 Å². The molecule has 44 heavy (non-hydrogen) atoms. The first-order valence-electron chi connectivity index (χ1n) is 15.0. The minimum absolute atomic E-state index is 0.0712. The van der Waals surface area contributed by atoms with Gasteiger partial charge >= 0.3 is 0 Å². The third kappa shape index (κ3) is 5.65. The normalized spacial score (nSPS) is 27.7. The number of fused-ring (bicyclic) bond motifs is 1. The van der Waals surface area contributed by atoms with Crippen LogP contribution in [0.2, 0.25) is 5.02 Å². The van der Waals surface area contributed by atoms with Gasteiger partial charge in [-0.05, 0) is 42.2 Å². The van der Waals surface area contributed by atoms with E-state index in [9.17, 15) is 19.5 Å². The van der Waals surface area contributed by atoms with Gasteiger partial charge in [0.2, 0.25) is 11.8 Å². The summed E-state index contributed by atoms with van der Waals surface area (Å²) in [4.78, 5) is 49.0. The summed E-state index contributed by atoms with van der Waals surface area (Å²) in [6.45, 7) is 12.3. The summed E-state index contributed by atoms with van der Waals surface area (Å²) in [5.41, 5.74) is 1.62. The number of hydrogen-bond acceptors (Lipinski definition) is 5. The van der Waals surface area contributed by atoms with Crippen LogP contribution in [0.1, 0.15) is 25.8 Å². The van der Waals surface area contributed by atoms with Crippen LogP contribution in [0.25, 0.3) is 0 Å². The SMILES string of the molecule is C=CCN(Cc1ccccc1)C(=O)[C@H]1[C@@H]2SC3(CC2Br)C(C(=O)N(CC=C)c2ccc(Cl)cc2)N([C@@H](CO)C(C)C)C(=O)[C@H]13. The first kappa shape index (κ1) is 32.8. The lowest BCUT2D eigenvalue weighted by Crippen LogP contribution is -2.59. The molecular formula is C34H39BrClN3O4S. The van der Waals surface area contributed by atoms with E-state index in [1.165, 1.54) is 0 Å². The molecule has 1 spiro atoms. The molecular weight excluding hydrogens is 662 g/mol. The number of benzene rings is 2. The third-order valence-corrected chi connectivity index (χ3v) is 12.6. The van der Waals surface area contributed by atoms with Gasteiger partial charge in [0.05, 0.1) is 29.2 Å². The van der Waals surface area contributed by atoms with Gasteiger partial charge in [0, 0.05) is 40.4 Å². The van der Waals surface area contributed by atoms with Gasteiger partial charge in [-0.1, -0.05) is 83.9 Å². The predicted octanol–water partition coefficient (Wildman–Crippen LogP) is 5.56. The lowest BCUT2D eigenvalue weighted by Gasteiger charge is -2.41. The van der Waals surface area contributed by atoms with E-state index < -0.39 is 28.7 Å². The molecule has 2 bridgehead atoms. The fourth-order valence-electron chi connectivity index (χ4n) is 7.23. The van der Waals surface area contributed by atoms with Gasteiger partial charge < -0.3 is 19.8 Å². The summed E-state index contributed by atoms with van der Waals surface area (Å²) in [6, 6.07) is 15.3. The predicted molar refractivity (Wildman–Crippen MR) is 181 cm³/mol. The highest BCUT2D eigenvalue weighted by Gasteiger charge is 2.76. The Hall–Kier alpha value is -2.59. The number of aliphatic hydroxyl groups excluding tert-OH is 1. The van der Waals surface area contributed by atoms with Crippen molar-refractivity contribution in [3.05, 3.63) is 90.5 Å². The number of rotatable bonds is 12. The van der Waals surface area contributed by atoms with E-state index in [1.807, 2.05) is 44.2 Å². The zero-order chi connectivity index (χ0) is 31.8. The van der Waals surface area contributed by atoms with E-state index in [0.29, 0.717) is 30.2 Å². The first-order chi connectivity index (χ1) is 21.1. The molecule has 3 aliphatic heterocycles. The zero-order valence-electron chi connectivity index (χ0n) is 25.0. The maximum absolute atomic E-state index is 14.8. The Morgan fingerprint density at radius 1 is 1.11 bits per heavy atom. The van der Waals surface area contributed by atoms with Gasteiger partial charge in [0.15, 0.2) is 0 Å². The van der Waals surface area contributed by atoms with Crippen LogP contribution < -0.4 is 4.90 Å². The molecule has 2 aromatic carbocycles. The fourth-order valence-corrected chi connectivity index (χ4v) is 10.9. The molecule has 3 heterocycles. The molecule has 3 fully saturated rings. The first-order valence-corrected chi connectivity index (χ1v) is 17.1. The van der Waals surface area contributed by atoms with E-state index in [1.54, 1.807) is 62.9 Å². The van der Waals surface area contributed by atoms with Crippen LogP contribution >= 0.6 is 39.3 Å². The number of alkyl halides is 1. The van der Waals surface area contributed by atoms with Gasteiger partial charge in [-0.15, -0.1) is 24.9 Å². The molecule has 0 aromatic heterocycles. The number of anilines is 1. The molecule has 5 rings (SSSR count). The van der Waals surface area contributed by atoms with Crippen LogP contribution in [0.5, 0.6) is 0 Å². The fraction of sp³-hybridized carbons (Fsp3) is 0.441. The van der Waals surface area contributed by atoms with Crippen LogP contribution in [0.4, 0.5) is 5.69 Å². The van der Waals surface area contributed by atoms with Crippen molar-refractivity contribution < 1.29 is 19.5 Å². The molecule has 3 aliphatic rings. The van der Waals surface area contributed by atoms with Gasteiger partial charge in [-0.3, -0.25) is 14.4 Å². The molecule has 2 aromatic rings. The maximum atomic E-state index is 14.8. The minimum Gasteiger partial charge on any atom is -0.394 e. The highest BCUT2D eigenvalue weighted by Crippen LogP contribution is 2.68. The second-order valence-corrected chi connectivity index (χ2v) is 15.3. The van der Waals surface area contributed by atoms with E-state index in [-0.39, 0.29) is 46.9 Å². The van der Waals surface area contributed by atoms with E-state index in [4.69, 9.17) is 11.6 Å².